The summed E-state index contributed by atoms with van der Waals surface area (Å²) in [4.78, 5) is 0. The third-order valence-electron chi connectivity index (χ3n) is 2.69. The zero-order valence-corrected chi connectivity index (χ0v) is 11.4. The lowest BCUT2D eigenvalue weighted by atomic mass is 10.1. The number of nitrogens with zero attached hydrogens (tertiary/aromatic N) is 2. The molecule has 0 fully saturated rings. The molecule has 108 valence electrons. The molecule has 1 heterocycles. The van der Waals surface area contributed by atoms with Gasteiger partial charge in [0.15, 0.2) is 9.84 Å². The predicted octanol–water partition coefficient (Wildman–Crippen LogP) is 2.43. The fourth-order valence-electron chi connectivity index (χ4n) is 1.71. The largest absolute Gasteiger partial charge is 0.263 e. The lowest BCUT2D eigenvalue weighted by Gasteiger charge is -2.05. The van der Waals surface area contributed by atoms with Crippen molar-refractivity contribution in [2.24, 2.45) is 0 Å². The van der Waals surface area contributed by atoms with Crippen LogP contribution >= 0.6 is 0 Å². The van der Waals surface area contributed by atoms with Crippen LogP contribution in [-0.4, -0.2) is 18.7 Å². The van der Waals surface area contributed by atoms with Crippen molar-refractivity contribution in [1.82, 2.24) is 10.3 Å². The number of aromatic nitrogens is 2. The van der Waals surface area contributed by atoms with Crippen molar-refractivity contribution in [2.75, 3.05) is 0 Å². The van der Waals surface area contributed by atoms with Gasteiger partial charge >= 0.3 is 0 Å². The number of aryl methyl sites for hydroxylation is 1. The highest BCUT2D eigenvalue weighted by molar-refractivity contribution is 7.89. The molecule has 0 spiro atoms. The number of benzene rings is 1. The molecule has 20 heavy (non-hydrogen) atoms. The minimum absolute atomic E-state index is 0.197. The summed E-state index contributed by atoms with van der Waals surface area (Å²) in [6.07, 6.45) is -2.63. The Balaban J connectivity index is 2.16. The molecule has 5 nitrogen and oxygen atoms in total. The molecule has 0 unspecified atom stereocenters. The monoisotopic (exact) mass is 302 g/mol. The number of hydrogen-bond acceptors (Lipinski definition) is 5. The molecule has 2 rings (SSSR count). The van der Waals surface area contributed by atoms with Gasteiger partial charge in [-0.2, -0.15) is 0 Å². The van der Waals surface area contributed by atoms with Gasteiger partial charge in [-0.15, -0.1) is 0 Å². The first-order valence-corrected chi connectivity index (χ1v) is 7.55. The van der Waals surface area contributed by atoms with E-state index in [-0.39, 0.29) is 22.8 Å². The summed E-state index contributed by atoms with van der Waals surface area (Å²) in [5, 5.41) is 7.00. The fourth-order valence-corrected chi connectivity index (χ4v) is 3.18. The quantitative estimate of drug-likeness (QED) is 0.848. The van der Waals surface area contributed by atoms with E-state index in [1.807, 2.05) is 0 Å². The van der Waals surface area contributed by atoms with Crippen LogP contribution in [0.3, 0.4) is 0 Å². The molecule has 0 atom stereocenters. The van der Waals surface area contributed by atoms with E-state index in [1.54, 1.807) is 6.92 Å². The van der Waals surface area contributed by atoms with E-state index < -0.39 is 16.3 Å². The second kappa shape index (κ2) is 5.66. The molecular formula is C12H12F2N2O3S. The molecule has 0 aliphatic heterocycles. The smallest absolute Gasteiger partial charge is 0.244 e. The van der Waals surface area contributed by atoms with Crippen LogP contribution in [0.5, 0.6) is 0 Å². The van der Waals surface area contributed by atoms with Crippen LogP contribution < -0.4 is 0 Å². The molecule has 0 bridgehead atoms. The van der Waals surface area contributed by atoms with Gasteiger partial charge in [0.05, 0.1) is 11.5 Å². The first-order chi connectivity index (χ1) is 9.37. The summed E-state index contributed by atoms with van der Waals surface area (Å²) in [7, 11) is -3.53. The van der Waals surface area contributed by atoms with Crippen molar-refractivity contribution < 1.29 is 21.8 Å². The summed E-state index contributed by atoms with van der Waals surface area (Å²) < 4.78 is 53.6. The number of rotatable bonds is 5. The highest BCUT2D eigenvalue weighted by atomic mass is 32.2. The summed E-state index contributed by atoms with van der Waals surface area (Å²) in [5.41, 5.74) is 0.749. The molecule has 0 radical (unpaired) electrons. The Labute approximate surface area is 114 Å². The second-order valence-corrected chi connectivity index (χ2v) is 6.44. The summed E-state index contributed by atoms with van der Waals surface area (Å²) >= 11 is 0. The lowest BCUT2D eigenvalue weighted by molar-refractivity contribution is 0.151. The molecule has 0 saturated carbocycles. The van der Waals surface area contributed by atoms with Crippen LogP contribution in [0, 0.1) is 6.92 Å². The van der Waals surface area contributed by atoms with Crippen LogP contribution in [0.15, 0.2) is 28.9 Å². The molecule has 0 amide bonds. The Morgan fingerprint density at radius 1 is 1.25 bits per heavy atom. The molecule has 8 heteroatoms. The minimum atomic E-state index is -3.53. The van der Waals surface area contributed by atoms with Crippen molar-refractivity contribution in [2.45, 2.75) is 24.9 Å². The summed E-state index contributed by atoms with van der Waals surface area (Å²) in [5.74, 6) is -0.666. The van der Waals surface area contributed by atoms with Crippen molar-refractivity contribution >= 4 is 9.84 Å². The van der Waals surface area contributed by atoms with E-state index in [0.717, 1.165) is 0 Å². The van der Waals surface area contributed by atoms with Crippen molar-refractivity contribution in [1.29, 1.82) is 0 Å². The van der Waals surface area contributed by atoms with Crippen LogP contribution in [0.4, 0.5) is 8.78 Å². The Bertz CT molecular complexity index is 698. The van der Waals surface area contributed by atoms with Crippen LogP contribution in [-0.2, 0) is 21.3 Å². The molecule has 0 N–H and O–H groups in total. The van der Waals surface area contributed by atoms with E-state index in [0.29, 0.717) is 11.3 Å². The van der Waals surface area contributed by atoms with E-state index in [9.17, 15) is 17.2 Å². The highest BCUT2D eigenvalue weighted by Crippen LogP contribution is 2.21. The van der Waals surface area contributed by atoms with Crippen molar-refractivity contribution in [3.05, 3.63) is 46.8 Å². The summed E-state index contributed by atoms with van der Waals surface area (Å²) in [6, 6.07) is 5.36. The van der Waals surface area contributed by atoms with Gasteiger partial charge < -0.3 is 0 Å². The zero-order chi connectivity index (χ0) is 14.8. The van der Waals surface area contributed by atoms with Crippen molar-refractivity contribution in [3.63, 3.8) is 0 Å². The van der Waals surface area contributed by atoms with Crippen molar-refractivity contribution in [3.8, 4) is 0 Å². The van der Waals surface area contributed by atoms with E-state index in [2.05, 4.69) is 14.9 Å². The maximum atomic E-state index is 12.6. The van der Waals surface area contributed by atoms with Gasteiger partial charge in [0.25, 0.3) is 6.43 Å². The summed E-state index contributed by atoms with van der Waals surface area (Å²) in [6.45, 7) is 1.58. The Hall–Kier alpha value is -1.83. The maximum Gasteiger partial charge on any atom is 0.263 e. The molecular weight excluding hydrogens is 290 g/mol. The normalized spacial score (nSPS) is 12.0. The lowest BCUT2D eigenvalue weighted by Crippen LogP contribution is -2.09. The van der Waals surface area contributed by atoms with E-state index in [1.165, 1.54) is 24.3 Å². The predicted molar refractivity (Wildman–Crippen MR) is 66.8 cm³/mol. The molecule has 1 aromatic carbocycles. The highest BCUT2D eigenvalue weighted by Gasteiger charge is 2.18. The first-order valence-electron chi connectivity index (χ1n) is 5.73. The number of hydrogen-bond donors (Lipinski definition) is 0. The Morgan fingerprint density at radius 2 is 2.00 bits per heavy atom. The minimum Gasteiger partial charge on any atom is -0.244 e. The number of halogens is 2. The average Bonchev–Trinajstić information content (AvgIpc) is 2.74. The Morgan fingerprint density at radius 3 is 2.60 bits per heavy atom. The van der Waals surface area contributed by atoms with Crippen LogP contribution in [0.25, 0.3) is 0 Å². The van der Waals surface area contributed by atoms with Gasteiger partial charge in [0.1, 0.15) is 11.4 Å². The molecule has 0 aliphatic carbocycles. The number of alkyl halides is 2. The van der Waals surface area contributed by atoms with Gasteiger partial charge in [0.2, 0.25) is 0 Å². The van der Waals surface area contributed by atoms with E-state index in [4.69, 9.17) is 0 Å². The first kappa shape index (κ1) is 14.6. The third kappa shape index (κ3) is 3.60. The molecule has 1 aromatic heterocycles. The SMILES string of the molecule is Cc1nonc1CS(=O)(=O)Cc1cccc(C(F)F)c1. The third-order valence-corrected chi connectivity index (χ3v) is 4.18. The zero-order valence-electron chi connectivity index (χ0n) is 10.6. The van der Waals surface area contributed by atoms with E-state index >= 15 is 0 Å². The topological polar surface area (TPSA) is 73.1 Å². The van der Waals surface area contributed by atoms with Gasteiger partial charge in [-0.25, -0.2) is 21.8 Å². The van der Waals surface area contributed by atoms with Gasteiger partial charge in [-0.3, -0.25) is 0 Å². The molecule has 0 aliphatic rings. The molecule has 2 aromatic rings. The Kier molecular flexibility index (Phi) is 4.12. The average molecular weight is 302 g/mol. The van der Waals surface area contributed by atoms with Gasteiger partial charge in [0, 0.05) is 5.56 Å². The maximum absolute atomic E-state index is 12.6. The second-order valence-electron chi connectivity index (χ2n) is 4.37. The number of sulfone groups is 1. The molecule has 0 saturated heterocycles. The van der Waals surface area contributed by atoms with Gasteiger partial charge in [-0.05, 0) is 18.6 Å². The standard InChI is InChI=1S/C12H12F2N2O3S/c1-8-11(16-19-15-8)7-20(17,18)6-9-3-2-4-10(5-9)12(13)14/h2-5,12H,6-7H2,1H3. The van der Waals surface area contributed by atoms with Crippen LogP contribution in [0.2, 0.25) is 0 Å². The fraction of sp³-hybridized carbons (Fsp3) is 0.333. The van der Waals surface area contributed by atoms with Crippen LogP contribution in [0.1, 0.15) is 28.9 Å². The van der Waals surface area contributed by atoms with Gasteiger partial charge in [-0.1, -0.05) is 28.5 Å².